The second kappa shape index (κ2) is 10.3. The highest BCUT2D eigenvalue weighted by Gasteiger charge is 2.35. The first kappa shape index (κ1) is 26.1. The lowest BCUT2D eigenvalue weighted by Crippen LogP contribution is -2.26. The number of phenolic OH excluding ortho intramolecular Hbond substituents is 1. The second-order valence-corrected chi connectivity index (χ2v) is 9.50. The lowest BCUT2D eigenvalue weighted by atomic mass is 10.0. The highest BCUT2D eigenvalue weighted by molar-refractivity contribution is 6.55. The van der Waals surface area contributed by atoms with Crippen LogP contribution in [0.2, 0.25) is 0 Å². The largest absolute Gasteiger partial charge is 0.505 e. The average Bonchev–Trinajstić information content (AvgIpc) is 3.22. The number of carbonyl (C=O) groups excluding carboxylic acids is 1. The number of nitriles is 1. The third kappa shape index (κ3) is 4.63. The molecule has 0 fully saturated rings. The Morgan fingerprint density at radius 3 is 2.45 bits per heavy atom. The molecule has 0 atom stereocenters. The highest BCUT2D eigenvalue weighted by atomic mass is 19.1. The van der Waals surface area contributed by atoms with Crippen molar-refractivity contribution in [3.8, 4) is 22.9 Å². The zero-order valence-electron chi connectivity index (χ0n) is 21.5. The summed E-state index contributed by atoms with van der Waals surface area (Å²) in [5, 5.41) is 34.0. The van der Waals surface area contributed by atoms with Gasteiger partial charge in [-0.25, -0.2) is 9.18 Å². The van der Waals surface area contributed by atoms with Gasteiger partial charge in [-0.2, -0.15) is 10.4 Å². The molecule has 0 saturated heterocycles. The molecule has 1 heterocycles. The molecule has 0 aromatic heterocycles. The number of rotatable bonds is 6. The average molecular weight is 535 g/mol. The van der Waals surface area contributed by atoms with Crippen LogP contribution in [-0.2, 0) is 4.79 Å². The normalized spacial score (nSPS) is 13.4. The van der Waals surface area contributed by atoms with Crippen LogP contribution in [-0.4, -0.2) is 27.8 Å². The number of carboxylic acids is 1. The highest BCUT2D eigenvalue weighted by Crippen LogP contribution is 2.39. The van der Waals surface area contributed by atoms with Gasteiger partial charge in [0, 0.05) is 16.8 Å². The number of hydrogen-bond acceptors (Lipinski definition) is 6. The van der Waals surface area contributed by atoms with Crippen LogP contribution in [0, 0.1) is 17.1 Å². The Bertz CT molecular complexity index is 1740. The van der Waals surface area contributed by atoms with Crippen molar-refractivity contribution in [3.05, 3.63) is 107 Å². The number of hydrogen-bond donors (Lipinski definition) is 3. The Balaban J connectivity index is 1.53. The fraction of sp³-hybridized carbons (Fsp3) is 0.0968. The molecule has 3 N–H and O–H groups in total. The van der Waals surface area contributed by atoms with E-state index in [1.807, 2.05) is 24.3 Å². The molecule has 0 saturated carbocycles. The number of halogens is 1. The number of hydrazone groups is 1. The Labute approximate surface area is 229 Å². The van der Waals surface area contributed by atoms with Crippen molar-refractivity contribution in [2.45, 2.75) is 19.8 Å². The van der Waals surface area contributed by atoms with Crippen LogP contribution in [0.15, 0.2) is 84.0 Å². The number of phenols is 1. The zero-order chi connectivity index (χ0) is 28.6. The van der Waals surface area contributed by atoms with Gasteiger partial charge in [-0.3, -0.25) is 15.1 Å². The van der Waals surface area contributed by atoms with Crippen molar-refractivity contribution in [1.82, 2.24) is 0 Å². The monoisotopic (exact) mass is 534 g/mol. The summed E-state index contributed by atoms with van der Waals surface area (Å²) >= 11 is 0. The number of amides is 1. The standard InChI is InChI=1S/C31H23FN4O4/c1-17(2)19-7-10-21(11-8-19)36-27-14-18(16-33)6-12-23(27)28(30(36)38)35-34-26-5-3-4-22(29(26)37)20-9-13-25(32)24(15-20)31(39)40/h3-15,17,34,37H,1-2H3,(H,39,40)/b35-28-. The second-order valence-electron chi connectivity index (χ2n) is 9.50. The summed E-state index contributed by atoms with van der Waals surface area (Å²) in [7, 11) is 0. The van der Waals surface area contributed by atoms with E-state index in [2.05, 4.69) is 30.4 Å². The molecule has 198 valence electrons. The summed E-state index contributed by atoms with van der Waals surface area (Å²) < 4.78 is 13.9. The Morgan fingerprint density at radius 2 is 1.77 bits per heavy atom. The van der Waals surface area contributed by atoms with Crippen molar-refractivity contribution >= 4 is 34.7 Å². The molecule has 0 unspecified atom stereocenters. The first-order chi connectivity index (χ1) is 19.2. The van der Waals surface area contributed by atoms with E-state index in [0.717, 1.165) is 17.7 Å². The van der Waals surface area contributed by atoms with Crippen LogP contribution in [0.4, 0.5) is 21.5 Å². The summed E-state index contributed by atoms with van der Waals surface area (Å²) in [6.45, 7) is 4.15. The molecule has 0 aliphatic carbocycles. The summed E-state index contributed by atoms with van der Waals surface area (Å²) in [6, 6.07) is 22.7. The van der Waals surface area contributed by atoms with E-state index in [9.17, 15) is 29.5 Å². The molecule has 40 heavy (non-hydrogen) atoms. The molecule has 1 aliphatic heterocycles. The summed E-state index contributed by atoms with van der Waals surface area (Å²) in [6.07, 6.45) is 0. The number of anilines is 3. The molecule has 8 nitrogen and oxygen atoms in total. The number of nitrogens with one attached hydrogen (secondary N) is 1. The molecule has 9 heteroatoms. The maximum Gasteiger partial charge on any atom is 0.338 e. The maximum atomic E-state index is 13.9. The molecule has 0 radical (unpaired) electrons. The van der Waals surface area contributed by atoms with Gasteiger partial charge in [0.1, 0.15) is 11.6 Å². The minimum Gasteiger partial charge on any atom is -0.505 e. The van der Waals surface area contributed by atoms with Crippen molar-refractivity contribution in [2.75, 3.05) is 10.3 Å². The Kier molecular flexibility index (Phi) is 6.76. The molecule has 4 aromatic carbocycles. The summed E-state index contributed by atoms with van der Waals surface area (Å²) in [5.41, 5.74) is 6.10. The number of nitrogens with zero attached hydrogens (tertiary/aromatic N) is 3. The quantitative estimate of drug-likeness (QED) is 0.194. The van der Waals surface area contributed by atoms with Crippen molar-refractivity contribution in [3.63, 3.8) is 0 Å². The SMILES string of the molecule is CC(C)c1ccc(N2C(=O)/C(=N\Nc3cccc(-c4ccc(F)c(C(=O)O)c4)c3O)c3ccc(C#N)cc32)cc1. The molecule has 1 aliphatic rings. The van der Waals surface area contributed by atoms with Gasteiger partial charge < -0.3 is 10.2 Å². The summed E-state index contributed by atoms with van der Waals surface area (Å²) in [4.78, 5) is 26.5. The van der Waals surface area contributed by atoms with Crippen molar-refractivity contribution in [2.24, 2.45) is 5.10 Å². The molecule has 1 amide bonds. The zero-order valence-corrected chi connectivity index (χ0v) is 21.5. The van der Waals surface area contributed by atoms with Crippen LogP contribution in [0.5, 0.6) is 5.75 Å². The van der Waals surface area contributed by atoms with Crippen LogP contribution in [0.1, 0.15) is 46.8 Å². The number of para-hydroxylation sites is 1. The smallest absolute Gasteiger partial charge is 0.338 e. The number of aromatic hydroxyl groups is 1. The number of fused-ring (bicyclic) bond motifs is 1. The number of carbonyl (C=O) groups is 2. The summed E-state index contributed by atoms with van der Waals surface area (Å²) in [5.74, 6) is -2.69. The predicted molar refractivity (Wildman–Crippen MR) is 149 cm³/mol. The van der Waals surface area contributed by atoms with Crippen LogP contribution in [0.25, 0.3) is 11.1 Å². The van der Waals surface area contributed by atoms with Crippen molar-refractivity contribution in [1.29, 1.82) is 5.26 Å². The fourth-order valence-corrected chi connectivity index (χ4v) is 4.53. The minimum absolute atomic E-state index is 0.0761. The van der Waals surface area contributed by atoms with E-state index >= 15 is 0 Å². The molecule has 5 rings (SSSR count). The third-order valence-electron chi connectivity index (χ3n) is 6.68. The predicted octanol–water partition coefficient (Wildman–Crippen LogP) is 6.39. The van der Waals surface area contributed by atoms with Gasteiger partial charge in [-0.1, -0.05) is 44.2 Å². The van der Waals surface area contributed by atoms with Crippen molar-refractivity contribution < 1.29 is 24.2 Å². The lowest BCUT2D eigenvalue weighted by Gasteiger charge is -2.18. The Morgan fingerprint density at radius 1 is 1.02 bits per heavy atom. The fourth-order valence-electron chi connectivity index (χ4n) is 4.53. The van der Waals surface area contributed by atoms with E-state index in [0.29, 0.717) is 28.4 Å². The minimum atomic E-state index is -1.43. The lowest BCUT2D eigenvalue weighted by molar-refractivity contribution is -0.111. The number of carboxylic acid groups (broad SMARTS) is 1. The van der Waals surface area contributed by atoms with E-state index in [1.165, 1.54) is 17.0 Å². The van der Waals surface area contributed by atoms with Gasteiger partial charge in [0.25, 0.3) is 5.91 Å². The molecule has 4 aromatic rings. The first-order valence-corrected chi connectivity index (χ1v) is 12.4. The molecular formula is C31H23FN4O4. The van der Waals surface area contributed by atoms with E-state index < -0.39 is 23.3 Å². The topological polar surface area (TPSA) is 126 Å². The van der Waals surface area contributed by atoms with Crippen LogP contribution < -0.4 is 10.3 Å². The van der Waals surface area contributed by atoms with Gasteiger partial charge >= 0.3 is 5.97 Å². The van der Waals surface area contributed by atoms with E-state index in [1.54, 1.807) is 30.3 Å². The molecular weight excluding hydrogens is 511 g/mol. The van der Waals surface area contributed by atoms with Crippen LogP contribution in [0.3, 0.4) is 0 Å². The maximum absolute atomic E-state index is 13.9. The van der Waals surface area contributed by atoms with Gasteiger partial charge in [0.15, 0.2) is 5.71 Å². The van der Waals surface area contributed by atoms with E-state index in [4.69, 9.17) is 0 Å². The molecule has 0 bridgehead atoms. The van der Waals surface area contributed by atoms with Gasteiger partial charge in [0.2, 0.25) is 0 Å². The van der Waals surface area contributed by atoms with Gasteiger partial charge in [0.05, 0.1) is 28.6 Å². The Hall–Kier alpha value is -5.49. The molecule has 0 spiro atoms. The van der Waals surface area contributed by atoms with Gasteiger partial charge in [-0.15, -0.1) is 0 Å². The van der Waals surface area contributed by atoms with Gasteiger partial charge in [-0.05, 0) is 65.6 Å². The third-order valence-corrected chi connectivity index (χ3v) is 6.68. The first-order valence-electron chi connectivity index (χ1n) is 12.4. The number of aromatic carboxylic acids is 1. The number of benzene rings is 4. The van der Waals surface area contributed by atoms with E-state index in [-0.39, 0.29) is 28.3 Å². The van der Waals surface area contributed by atoms with Crippen LogP contribution >= 0.6 is 0 Å².